The third kappa shape index (κ3) is 2.36. The molecule has 0 fully saturated rings. The maximum atomic E-state index is 12.1. The molecule has 0 radical (unpaired) electrons. The molecule has 2 aromatic rings. The third-order valence-corrected chi connectivity index (χ3v) is 3.48. The molecule has 0 spiro atoms. The zero-order valence-electron chi connectivity index (χ0n) is 10.8. The minimum atomic E-state index is -0.722. The Labute approximate surface area is 118 Å². The van der Waals surface area contributed by atoms with Crippen molar-refractivity contribution in [2.75, 3.05) is 0 Å². The maximum absolute atomic E-state index is 12.1. The van der Waals surface area contributed by atoms with Crippen molar-refractivity contribution in [1.82, 2.24) is 15.5 Å². The van der Waals surface area contributed by atoms with E-state index in [1.165, 1.54) is 0 Å². The largest absolute Gasteiger partial charge is 0.390 e. The average Bonchev–Trinajstić information content (AvgIpc) is 3.05. The van der Waals surface area contributed by atoms with Gasteiger partial charge in [-0.25, -0.2) is 0 Å². The number of hydrogen-bond acceptors (Lipinski definition) is 5. The van der Waals surface area contributed by atoms with E-state index in [2.05, 4.69) is 15.5 Å². The predicted octanol–water partition coefficient (Wildman–Crippen LogP) is 0.706. The van der Waals surface area contributed by atoms with Gasteiger partial charge in [0.15, 0.2) is 5.69 Å². The Balaban J connectivity index is 1.80. The number of aromatic amines is 1. The van der Waals surface area contributed by atoms with E-state index >= 15 is 0 Å². The van der Waals surface area contributed by atoms with Crippen LogP contribution in [0.3, 0.4) is 0 Å². The first kappa shape index (κ1) is 13.3. The van der Waals surface area contributed by atoms with Gasteiger partial charge < -0.3 is 20.5 Å². The first-order chi connectivity index (χ1) is 10.1. The summed E-state index contributed by atoms with van der Waals surface area (Å²) in [5.41, 5.74) is 1.74. The molecule has 3 rings (SSSR count). The summed E-state index contributed by atoms with van der Waals surface area (Å²) in [6, 6.07) is 7.95. The lowest BCUT2D eigenvalue weighted by Gasteiger charge is -2.16. The molecular formula is C13H12N4O4. The predicted molar refractivity (Wildman–Crippen MR) is 71.6 cm³/mol. The molecule has 1 aromatic heterocycles. The Morgan fingerprint density at radius 3 is 2.95 bits per heavy atom. The molecule has 21 heavy (non-hydrogen) atoms. The van der Waals surface area contributed by atoms with E-state index in [1.807, 2.05) is 24.3 Å². The molecule has 1 amide bonds. The number of aliphatic hydroxyl groups is 1. The van der Waals surface area contributed by atoms with Gasteiger partial charge in [0.25, 0.3) is 5.91 Å². The van der Waals surface area contributed by atoms with Crippen molar-refractivity contribution in [3.05, 3.63) is 57.3 Å². The lowest BCUT2D eigenvalue weighted by Crippen LogP contribution is -2.34. The molecule has 2 atom stereocenters. The molecule has 8 nitrogen and oxygen atoms in total. The zero-order chi connectivity index (χ0) is 15.0. The molecule has 1 heterocycles. The molecular weight excluding hydrogens is 276 g/mol. The second kappa shape index (κ2) is 4.98. The molecule has 0 aliphatic heterocycles. The van der Waals surface area contributed by atoms with Crippen LogP contribution in [0.2, 0.25) is 0 Å². The van der Waals surface area contributed by atoms with Crippen molar-refractivity contribution in [3.63, 3.8) is 0 Å². The number of rotatable bonds is 3. The van der Waals surface area contributed by atoms with Crippen LogP contribution < -0.4 is 5.32 Å². The molecule has 0 saturated carbocycles. The first-order valence-electron chi connectivity index (χ1n) is 6.33. The minimum absolute atomic E-state index is 0.0849. The van der Waals surface area contributed by atoms with Gasteiger partial charge in [-0.2, -0.15) is 0 Å². The van der Waals surface area contributed by atoms with Gasteiger partial charge in [0.1, 0.15) is 0 Å². The molecule has 1 aliphatic carbocycles. The number of benzene rings is 1. The van der Waals surface area contributed by atoms with Crippen molar-refractivity contribution in [2.45, 2.75) is 18.6 Å². The number of carbonyl (C=O) groups excluding carboxylic acids is 1. The number of aliphatic hydroxyl groups excluding tert-OH is 1. The van der Waals surface area contributed by atoms with Crippen LogP contribution >= 0.6 is 0 Å². The van der Waals surface area contributed by atoms with Crippen molar-refractivity contribution >= 4 is 11.7 Å². The molecule has 0 unspecified atom stereocenters. The van der Waals surface area contributed by atoms with Gasteiger partial charge in [-0.15, -0.1) is 5.10 Å². The zero-order valence-corrected chi connectivity index (χ0v) is 10.8. The summed E-state index contributed by atoms with van der Waals surface area (Å²) in [4.78, 5) is 22.0. The Bertz CT molecular complexity index is 712. The smallest absolute Gasteiger partial charge is 0.343 e. The topological polar surface area (TPSA) is 121 Å². The SMILES string of the molecule is O=C(N[C@@H]1c2ccccc2C[C@@H]1O)c1cc([N+](=O)[O-])[nH]n1. The molecule has 0 saturated heterocycles. The number of amides is 1. The van der Waals surface area contributed by atoms with E-state index in [4.69, 9.17) is 0 Å². The van der Waals surface area contributed by atoms with Gasteiger partial charge in [0.2, 0.25) is 0 Å². The van der Waals surface area contributed by atoms with E-state index in [0.717, 1.165) is 17.2 Å². The number of aromatic nitrogens is 2. The van der Waals surface area contributed by atoms with E-state index < -0.39 is 23.0 Å². The van der Waals surface area contributed by atoms with Gasteiger partial charge >= 0.3 is 5.82 Å². The van der Waals surface area contributed by atoms with Crippen LogP contribution in [0.1, 0.15) is 27.7 Å². The average molecular weight is 288 g/mol. The van der Waals surface area contributed by atoms with Crippen LogP contribution in [0.4, 0.5) is 5.82 Å². The highest BCUT2D eigenvalue weighted by Gasteiger charge is 2.32. The molecule has 108 valence electrons. The normalized spacial score (nSPS) is 20.0. The molecule has 1 aromatic carbocycles. The van der Waals surface area contributed by atoms with Gasteiger partial charge in [-0.3, -0.25) is 4.79 Å². The number of nitro groups is 1. The fraction of sp³-hybridized carbons (Fsp3) is 0.231. The van der Waals surface area contributed by atoms with Crippen molar-refractivity contribution in [1.29, 1.82) is 0 Å². The lowest BCUT2D eigenvalue weighted by atomic mass is 10.1. The second-order valence-corrected chi connectivity index (χ2v) is 4.82. The van der Waals surface area contributed by atoms with Gasteiger partial charge in [0.05, 0.1) is 18.2 Å². The number of fused-ring (bicyclic) bond motifs is 1. The van der Waals surface area contributed by atoms with E-state index in [-0.39, 0.29) is 11.5 Å². The molecule has 1 aliphatic rings. The summed E-state index contributed by atoms with van der Waals surface area (Å²) in [6.07, 6.45) is -0.262. The van der Waals surface area contributed by atoms with Crippen molar-refractivity contribution in [3.8, 4) is 0 Å². The summed E-state index contributed by atoms with van der Waals surface area (Å²) >= 11 is 0. The summed E-state index contributed by atoms with van der Waals surface area (Å²) in [5.74, 6) is -0.923. The first-order valence-corrected chi connectivity index (χ1v) is 6.33. The Hall–Kier alpha value is -2.74. The highest BCUT2D eigenvalue weighted by Crippen LogP contribution is 2.31. The number of carbonyl (C=O) groups is 1. The minimum Gasteiger partial charge on any atom is -0.390 e. The molecule has 3 N–H and O–H groups in total. The van der Waals surface area contributed by atoms with Crippen LogP contribution in [0.5, 0.6) is 0 Å². The lowest BCUT2D eigenvalue weighted by molar-refractivity contribution is -0.389. The van der Waals surface area contributed by atoms with Gasteiger partial charge in [-0.1, -0.05) is 29.4 Å². The summed E-state index contributed by atoms with van der Waals surface area (Å²) in [6.45, 7) is 0. The number of H-pyrrole nitrogens is 1. The third-order valence-electron chi connectivity index (χ3n) is 3.48. The highest BCUT2D eigenvalue weighted by atomic mass is 16.6. The number of nitrogens with zero attached hydrogens (tertiary/aromatic N) is 2. The van der Waals surface area contributed by atoms with Gasteiger partial charge in [-0.05, 0) is 16.1 Å². The summed E-state index contributed by atoms with van der Waals surface area (Å²) in [5, 5.41) is 29.0. The number of hydrogen-bond donors (Lipinski definition) is 3. The van der Waals surface area contributed by atoms with Crippen LogP contribution in [0.25, 0.3) is 0 Å². The van der Waals surface area contributed by atoms with E-state index in [0.29, 0.717) is 6.42 Å². The van der Waals surface area contributed by atoms with Crippen molar-refractivity contribution in [2.24, 2.45) is 0 Å². The molecule has 0 bridgehead atoms. The van der Waals surface area contributed by atoms with E-state index in [1.54, 1.807) is 0 Å². The van der Waals surface area contributed by atoms with Gasteiger partial charge in [0, 0.05) is 6.42 Å². The molecule has 8 heteroatoms. The Morgan fingerprint density at radius 1 is 1.48 bits per heavy atom. The highest BCUT2D eigenvalue weighted by molar-refractivity contribution is 5.93. The Morgan fingerprint density at radius 2 is 2.24 bits per heavy atom. The number of nitrogens with one attached hydrogen (secondary N) is 2. The van der Waals surface area contributed by atoms with Crippen LogP contribution in [0.15, 0.2) is 30.3 Å². The quantitative estimate of drug-likeness (QED) is 0.567. The summed E-state index contributed by atoms with van der Waals surface area (Å²) in [7, 11) is 0. The van der Waals surface area contributed by atoms with Crippen LogP contribution in [0, 0.1) is 10.1 Å². The van der Waals surface area contributed by atoms with E-state index in [9.17, 15) is 20.0 Å². The fourth-order valence-electron chi connectivity index (χ4n) is 2.48. The van der Waals surface area contributed by atoms with Crippen molar-refractivity contribution < 1.29 is 14.8 Å². The Kier molecular flexibility index (Phi) is 3.15. The monoisotopic (exact) mass is 288 g/mol. The van der Waals surface area contributed by atoms with Crippen LogP contribution in [-0.4, -0.2) is 32.2 Å². The maximum Gasteiger partial charge on any atom is 0.343 e. The fourth-order valence-corrected chi connectivity index (χ4v) is 2.48. The standard InChI is InChI=1S/C13H12N4O4/c18-10-5-7-3-1-2-4-8(7)12(10)14-13(19)9-6-11(16-15-9)17(20)21/h1-4,6,10,12,18H,5H2,(H,14,19)(H,15,16)/t10-,12+/m0/s1. The van der Waals surface area contributed by atoms with Crippen LogP contribution in [-0.2, 0) is 6.42 Å². The summed E-state index contributed by atoms with van der Waals surface area (Å²) < 4.78 is 0. The second-order valence-electron chi connectivity index (χ2n) is 4.82.